The summed E-state index contributed by atoms with van der Waals surface area (Å²) in [5.74, 6) is 1.75. The van der Waals surface area contributed by atoms with Gasteiger partial charge in [0.15, 0.2) is 5.96 Å². The first-order valence-electron chi connectivity index (χ1n) is 9.07. The number of nitrogens with one attached hydrogen (secondary N) is 2. The topological polar surface area (TPSA) is 58.1 Å². The lowest BCUT2D eigenvalue weighted by Crippen LogP contribution is -2.43. The highest BCUT2D eigenvalue weighted by Gasteiger charge is 2.28. The fraction of sp³-hybridized carbons (Fsp3) is 0.632. The van der Waals surface area contributed by atoms with E-state index in [-0.39, 0.29) is 0 Å². The first-order valence-corrected chi connectivity index (χ1v) is 9.07. The van der Waals surface area contributed by atoms with Crippen LogP contribution in [0, 0.1) is 0 Å². The van der Waals surface area contributed by atoms with Gasteiger partial charge in [-0.05, 0) is 37.0 Å². The summed E-state index contributed by atoms with van der Waals surface area (Å²) in [5.41, 5.74) is 1.28. The number of ether oxygens (including phenoxy) is 2. The molecule has 0 atom stereocenters. The van der Waals surface area contributed by atoms with E-state index in [0.717, 1.165) is 57.0 Å². The van der Waals surface area contributed by atoms with Gasteiger partial charge >= 0.3 is 0 Å². The van der Waals surface area contributed by atoms with Crippen molar-refractivity contribution in [1.82, 2.24) is 15.5 Å². The molecule has 1 aromatic carbocycles. The van der Waals surface area contributed by atoms with Crippen LogP contribution in [0.5, 0.6) is 5.75 Å². The Kier molecular flexibility index (Phi) is 8.55. The zero-order valence-electron chi connectivity index (χ0n) is 15.8. The third-order valence-electron chi connectivity index (χ3n) is 4.43. The highest BCUT2D eigenvalue weighted by molar-refractivity contribution is 5.79. The summed E-state index contributed by atoms with van der Waals surface area (Å²) in [6.07, 6.45) is 3.59. The van der Waals surface area contributed by atoms with Crippen LogP contribution in [0.3, 0.4) is 0 Å². The van der Waals surface area contributed by atoms with Crippen molar-refractivity contribution >= 4 is 5.96 Å². The van der Waals surface area contributed by atoms with Crippen molar-refractivity contribution in [2.24, 2.45) is 4.99 Å². The molecule has 0 amide bonds. The van der Waals surface area contributed by atoms with Gasteiger partial charge < -0.3 is 20.1 Å². The maximum Gasteiger partial charge on any atom is 0.191 e. The summed E-state index contributed by atoms with van der Waals surface area (Å²) in [4.78, 5) is 6.80. The first kappa shape index (κ1) is 19.5. The Balaban J connectivity index is 1.64. The van der Waals surface area contributed by atoms with Crippen LogP contribution in [0.4, 0.5) is 0 Å². The molecule has 1 aliphatic carbocycles. The van der Waals surface area contributed by atoms with E-state index in [0.29, 0.717) is 0 Å². The van der Waals surface area contributed by atoms with Crippen molar-refractivity contribution < 1.29 is 9.47 Å². The molecule has 0 saturated heterocycles. The standard InChI is InChI=1S/C19H32N4O2/c1-20-19(21-11-10-16-4-8-18(25-3)9-5-16)22-12-13-23(14-15-24-2)17-6-7-17/h4-5,8-9,17H,6-7,10-15H2,1-3H3,(H2,20,21,22). The van der Waals surface area contributed by atoms with Crippen molar-refractivity contribution in [3.63, 3.8) is 0 Å². The third-order valence-corrected chi connectivity index (χ3v) is 4.43. The first-order chi connectivity index (χ1) is 12.3. The minimum absolute atomic E-state index is 0.752. The van der Waals surface area contributed by atoms with Gasteiger partial charge in [-0.15, -0.1) is 0 Å². The van der Waals surface area contributed by atoms with Gasteiger partial charge in [-0.3, -0.25) is 9.89 Å². The minimum atomic E-state index is 0.752. The molecule has 1 aliphatic rings. The fourth-order valence-electron chi connectivity index (χ4n) is 2.78. The highest BCUT2D eigenvalue weighted by Crippen LogP contribution is 2.25. The second-order valence-corrected chi connectivity index (χ2v) is 6.28. The predicted molar refractivity (Wildman–Crippen MR) is 103 cm³/mol. The van der Waals surface area contributed by atoms with Gasteiger partial charge in [0.2, 0.25) is 0 Å². The Labute approximate surface area is 151 Å². The number of methoxy groups -OCH3 is 2. The van der Waals surface area contributed by atoms with Crippen molar-refractivity contribution in [2.45, 2.75) is 25.3 Å². The molecular formula is C19H32N4O2. The number of hydrogen-bond donors (Lipinski definition) is 2. The molecule has 6 nitrogen and oxygen atoms in total. The summed E-state index contributed by atoms with van der Waals surface area (Å²) in [7, 11) is 5.26. The molecule has 0 spiro atoms. The molecule has 0 unspecified atom stereocenters. The quantitative estimate of drug-likeness (QED) is 0.469. The average molecular weight is 348 g/mol. The van der Waals surface area contributed by atoms with Gasteiger partial charge in [-0.1, -0.05) is 12.1 Å². The van der Waals surface area contributed by atoms with Crippen LogP contribution >= 0.6 is 0 Å². The third kappa shape index (κ3) is 7.32. The SMILES string of the molecule is CN=C(NCCc1ccc(OC)cc1)NCCN(CCOC)C1CC1. The number of aliphatic imine (C=N–C) groups is 1. The van der Waals surface area contributed by atoms with Crippen molar-refractivity contribution in [2.75, 3.05) is 54.1 Å². The Bertz CT molecular complexity index is 515. The lowest BCUT2D eigenvalue weighted by Gasteiger charge is -2.22. The molecule has 0 aromatic heterocycles. The van der Waals surface area contributed by atoms with Crippen LogP contribution in [0.15, 0.2) is 29.3 Å². The summed E-state index contributed by atoms with van der Waals surface area (Å²) in [6, 6.07) is 8.94. The van der Waals surface area contributed by atoms with Gasteiger partial charge in [0, 0.05) is 46.4 Å². The maximum atomic E-state index is 5.20. The van der Waals surface area contributed by atoms with Gasteiger partial charge in [0.05, 0.1) is 13.7 Å². The van der Waals surface area contributed by atoms with Crippen molar-refractivity contribution in [1.29, 1.82) is 0 Å². The molecule has 0 radical (unpaired) electrons. The molecule has 1 fully saturated rings. The van der Waals surface area contributed by atoms with E-state index in [1.54, 1.807) is 14.2 Å². The molecule has 0 bridgehead atoms. The highest BCUT2D eigenvalue weighted by atomic mass is 16.5. The van der Waals surface area contributed by atoms with Crippen LogP contribution in [0.1, 0.15) is 18.4 Å². The fourth-order valence-corrected chi connectivity index (χ4v) is 2.78. The number of nitrogens with zero attached hydrogens (tertiary/aromatic N) is 2. The zero-order valence-corrected chi connectivity index (χ0v) is 15.8. The van der Waals surface area contributed by atoms with E-state index in [9.17, 15) is 0 Å². The Hall–Kier alpha value is -1.79. The summed E-state index contributed by atoms with van der Waals surface area (Å²) in [6.45, 7) is 4.56. The molecule has 1 saturated carbocycles. The maximum absolute atomic E-state index is 5.20. The molecule has 2 rings (SSSR count). The van der Waals surface area contributed by atoms with Crippen LogP contribution in [0.25, 0.3) is 0 Å². The largest absolute Gasteiger partial charge is 0.497 e. The minimum Gasteiger partial charge on any atom is -0.497 e. The van der Waals surface area contributed by atoms with Gasteiger partial charge in [0.25, 0.3) is 0 Å². The Morgan fingerprint density at radius 2 is 1.84 bits per heavy atom. The Morgan fingerprint density at radius 3 is 2.44 bits per heavy atom. The molecule has 140 valence electrons. The van der Waals surface area contributed by atoms with Gasteiger partial charge in [-0.2, -0.15) is 0 Å². The second kappa shape index (κ2) is 10.9. The molecule has 2 N–H and O–H groups in total. The second-order valence-electron chi connectivity index (χ2n) is 6.28. The van der Waals surface area contributed by atoms with E-state index < -0.39 is 0 Å². The van der Waals surface area contributed by atoms with E-state index in [1.807, 2.05) is 19.2 Å². The zero-order chi connectivity index (χ0) is 17.9. The van der Waals surface area contributed by atoms with Crippen LogP contribution in [0.2, 0.25) is 0 Å². The lowest BCUT2D eigenvalue weighted by molar-refractivity contribution is 0.144. The van der Waals surface area contributed by atoms with E-state index >= 15 is 0 Å². The van der Waals surface area contributed by atoms with Gasteiger partial charge in [0.1, 0.15) is 5.75 Å². The van der Waals surface area contributed by atoms with E-state index in [1.165, 1.54) is 18.4 Å². The van der Waals surface area contributed by atoms with Gasteiger partial charge in [-0.25, -0.2) is 0 Å². The van der Waals surface area contributed by atoms with Crippen LogP contribution in [-0.2, 0) is 11.2 Å². The summed E-state index contributed by atoms with van der Waals surface area (Å²) >= 11 is 0. The molecule has 1 aromatic rings. The molecule has 0 heterocycles. The van der Waals surface area contributed by atoms with E-state index in [2.05, 4.69) is 32.7 Å². The van der Waals surface area contributed by atoms with Crippen molar-refractivity contribution in [3.05, 3.63) is 29.8 Å². The molecular weight excluding hydrogens is 316 g/mol. The van der Waals surface area contributed by atoms with E-state index in [4.69, 9.17) is 9.47 Å². The number of benzene rings is 1. The normalized spacial score (nSPS) is 14.6. The lowest BCUT2D eigenvalue weighted by atomic mass is 10.1. The van der Waals surface area contributed by atoms with Crippen molar-refractivity contribution in [3.8, 4) is 5.75 Å². The van der Waals surface area contributed by atoms with Crippen LogP contribution < -0.4 is 15.4 Å². The number of guanidine groups is 1. The number of rotatable bonds is 11. The summed E-state index contributed by atoms with van der Waals surface area (Å²) < 4.78 is 10.4. The smallest absolute Gasteiger partial charge is 0.191 e. The summed E-state index contributed by atoms with van der Waals surface area (Å²) in [5, 5.41) is 6.77. The molecule has 25 heavy (non-hydrogen) atoms. The average Bonchev–Trinajstić information content (AvgIpc) is 3.48. The molecule has 0 aliphatic heterocycles. The molecule has 6 heteroatoms. The Morgan fingerprint density at radius 1 is 1.12 bits per heavy atom. The predicted octanol–water partition coefficient (Wildman–Crippen LogP) is 1.51. The number of hydrogen-bond acceptors (Lipinski definition) is 4. The monoisotopic (exact) mass is 348 g/mol. The van der Waals surface area contributed by atoms with Crippen LogP contribution in [-0.4, -0.2) is 71.0 Å².